The van der Waals surface area contributed by atoms with Gasteiger partial charge in [0.15, 0.2) is 0 Å². The molecule has 6 nitrogen and oxygen atoms in total. The molecule has 0 spiro atoms. The van der Waals surface area contributed by atoms with Crippen molar-refractivity contribution in [3.8, 4) is 0 Å². The molecule has 8 heteroatoms. The topological polar surface area (TPSA) is 86.7 Å². The Morgan fingerprint density at radius 2 is 0.565 bits per heavy atom. The van der Waals surface area contributed by atoms with E-state index in [4.69, 9.17) is 9.05 Å². The van der Waals surface area contributed by atoms with Crippen LogP contribution in [0.1, 0.15) is 290 Å². The van der Waals surface area contributed by atoms with Crippen LogP contribution in [-0.4, -0.2) is 17.1 Å². The number of hydrogen-bond donors (Lipinski definition) is 0. The first-order chi connectivity index (χ1) is 30.4. The first kappa shape index (κ1) is 60.4. The first-order valence-corrected chi connectivity index (χ1v) is 29.6. The lowest BCUT2D eigenvalue weighted by Gasteiger charge is -2.16. The maximum absolute atomic E-state index is 13.8. The van der Waals surface area contributed by atoms with Gasteiger partial charge in [-0.05, 0) is 96.3 Å². The average Bonchev–Trinajstić information content (AvgIpc) is 3.24. The van der Waals surface area contributed by atoms with E-state index in [1.807, 2.05) is 0 Å². The molecule has 0 aliphatic carbocycles. The minimum absolute atomic E-state index is 0.0942. The fourth-order valence-corrected chi connectivity index (χ4v) is 10.6. The predicted octanol–water partition coefficient (Wildman–Crippen LogP) is 19.6. The summed E-state index contributed by atoms with van der Waals surface area (Å²) in [5.74, 6) is -1.33. The van der Waals surface area contributed by atoms with E-state index in [0.717, 1.165) is 96.3 Å². The van der Waals surface area contributed by atoms with Gasteiger partial charge in [0.2, 0.25) is 5.12 Å². The quantitative estimate of drug-likeness (QED) is 0.0341. The Balaban J connectivity index is 4.56. The average molecular weight is 907 g/mol. The molecule has 62 heavy (non-hydrogen) atoms. The second kappa shape index (κ2) is 48.9. The van der Waals surface area contributed by atoms with Gasteiger partial charge in [0, 0.05) is 19.3 Å². The van der Waals surface area contributed by atoms with Gasteiger partial charge in [-0.2, -0.15) is 0 Å². The summed E-state index contributed by atoms with van der Waals surface area (Å²) in [4.78, 5) is 38.6. The van der Waals surface area contributed by atoms with Crippen molar-refractivity contribution in [1.29, 1.82) is 0 Å². The van der Waals surface area contributed by atoms with Gasteiger partial charge in [-0.15, -0.1) is 0 Å². The van der Waals surface area contributed by atoms with Crippen molar-refractivity contribution in [3.63, 3.8) is 0 Å². The highest BCUT2D eigenvalue weighted by Gasteiger charge is 2.37. The summed E-state index contributed by atoms with van der Waals surface area (Å²) in [6.07, 6.45) is 59.3. The molecule has 0 rings (SSSR count). The summed E-state index contributed by atoms with van der Waals surface area (Å²) in [6.45, 7) is 2.45. The van der Waals surface area contributed by atoms with Crippen LogP contribution in [0.3, 0.4) is 0 Å². The Morgan fingerprint density at radius 3 is 0.839 bits per heavy atom. The lowest BCUT2D eigenvalue weighted by molar-refractivity contribution is -0.138. The van der Waals surface area contributed by atoms with E-state index in [0.29, 0.717) is 30.6 Å². The Kier molecular flexibility index (Phi) is 47.6. The van der Waals surface area contributed by atoms with Gasteiger partial charge < -0.3 is 9.05 Å². The number of unbranched alkanes of at least 4 members (excludes halogenated alkanes) is 33. The molecule has 0 heterocycles. The van der Waals surface area contributed by atoms with Crippen LogP contribution in [-0.2, 0) is 28.0 Å². The summed E-state index contributed by atoms with van der Waals surface area (Å²) in [5.41, 5.74) is 0. The van der Waals surface area contributed by atoms with Gasteiger partial charge >= 0.3 is 18.7 Å². The molecule has 0 aromatic heterocycles. The molecule has 0 aliphatic heterocycles. The van der Waals surface area contributed by atoms with Crippen LogP contribution in [0.4, 0.5) is 0 Å². The lowest BCUT2D eigenvalue weighted by atomic mass is 10.1. The van der Waals surface area contributed by atoms with Crippen molar-refractivity contribution in [2.24, 2.45) is 0 Å². The Labute approximate surface area is 388 Å². The molecule has 0 saturated carbocycles. The van der Waals surface area contributed by atoms with Crippen LogP contribution >= 0.6 is 18.2 Å². The van der Waals surface area contributed by atoms with Gasteiger partial charge in [-0.25, -0.2) is 4.57 Å². The van der Waals surface area contributed by atoms with E-state index < -0.39 is 18.7 Å². The molecule has 0 bridgehead atoms. The smallest absolute Gasteiger partial charge is 0.375 e. The molecule has 0 amide bonds. The molecule has 0 fully saturated rings. The van der Waals surface area contributed by atoms with Crippen molar-refractivity contribution >= 4 is 35.2 Å². The third kappa shape index (κ3) is 46.4. The summed E-state index contributed by atoms with van der Waals surface area (Å²) >= 11 is 0.426. The van der Waals surface area contributed by atoms with E-state index in [9.17, 15) is 18.9 Å². The van der Waals surface area contributed by atoms with Gasteiger partial charge in [0.1, 0.15) is 0 Å². The van der Waals surface area contributed by atoms with Crippen LogP contribution in [0, 0.1) is 0 Å². The van der Waals surface area contributed by atoms with Crippen molar-refractivity contribution in [2.75, 3.05) is 0 Å². The summed E-state index contributed by atoms with van der Waals surface area (Å²) < 4.78 is 24.5. The SMILES string of the molecule is CCCCCCCC/C=C\CCCCCCCC(=O)OP(=O)(OC(=O)CCCCCCC/C=C\CCCCCCCC)SC(=O)CCCCCCC/C=C\CCCCCCCC. The van der Waals surface area contributed by atoms with Crippen LogP contribution in [0.25, 0.3) is 0 Å². The van der Waals surface area contributed by atoms with E-state index in [2.05, 4.69) is 57.2 Å². The third-order valence-electron chi connectivity index (χ3n) is 11.6. The van der Waals surface area contributed by atoms with E-state index in [1.54, 1.807) is 0 Å². The molecule has 362 valence electrons. The standard InChI is InChI=1S/C54H99O6PS/c1-4-7-10-13-16-19-22-25-28-31-34-37-40-43-46-49-52(55)59-61(58,60-53(56)50-47-44-41-38-35-32-29-26-23-20-17-14-11-8-5-2)62-54(57)51-48-45-42-39-36-33-30-27-24-21-18-15-12-9-6-3/h25-30H,4-24,31-51H2,1-3H3/b28-25-,29-26-,30-27-. The zero-order chi connectivity index (χ0) is 45.3. The normalized spacial score (nSPS) is 12.0. The highest BCUT2D eigenvalue weighted by atomic mass is 32.7. The van der Waals surface area contributed by atoms with Crippen LogP contribution < -0.4 is 0 Å². The van der Waals surface area contributed by atoms with Crippen LogP contribution in [0.5, 0.6) is 0 Å². The number of allylic oxidation sites excluding steroid dienone is 6. The predicted molar refractivity (Wildman–Crippen MR) is 271 cm³/mol. The summed E-state index contributed by atoms with van der Waals surface area (Å²) in [5, 5.41) is -0.353. The highest BCUT2D eigenvalue weighted by molar-refractivity contribution is 8.62. The first-order valence-electron chi connectivity index (χ1n) is 26.6. The molecule has 0 aromatic rings. The molecular weight excluding hydrogens is 808 g/mol. The molecule has 0 unspecified atom stereocenters. The van der Waals surface area contributed by atoms with Gasteiger partial charge in [-0.1, -0.05) is 211 Å². The largest absolute Gasteiger partial charge is 0.504 e. The molecule has 0 radical (unpaired) electrons. The van der Waals surface area contributed by atoms with Crippen molar-refractivity contribution in [2.45, 2.75) is 290 Å². The Hall–Kier alpha value is -1.59. The van der Waals surface area contributed by atoms with E-state index >= 15 is 0 Å². The molecule has 0 atom stereocenters. The minimum atomic E-state index is -4.31. The second-order valence-electron chi connectivity index (χ2n) is 17.8. The monoisotopic (exact) mass is 907 g/mol. The maximum Gasteiger partial charge on any atom is 0.504 e. The highest BCUT2D eigenvalue weighted by Crippen LogP contribution is 2.62. The van der Waals surface area contributed by atoms with Crippen molar-refractivity contribution < 1.29 is 28.0 Å². The Morgan fingerprint density at radius 1 is 0.339 bits per heavy atom. The number of carbonyl (C=O) groups excluding carboxylic acids is 3. The zero-order valence-electron chi connectivity index (χ0n) is 41.0. The third-order valence-corrected chi connectivity index (χ3v) is 14.8. The fourth-order valence-electron chi connectivity index (χ4n) is 7.59. The number of carbonyl (C=O) groups is 3. The van der Waals surface area contributed by atoms with E-state index in [-0.39, 0.29) is 24.4 Å². The second-order valence-corrected chi connectivity index (χ2v) is 21.6. The van der Waals surface area contributed by atoms with Gasteiger partial charge in [-0.3, -0.25) is 14.4 Å². The minimum Gasteiger partial charge on any atom is -0.375 e. The summed E-state index contributed by atoms with van der Waals surface area (Å²) in [6, 6.07) is 0. The fraction of sp³-hybridized carbons (Fsp3) is 0.833. The molecular formula is C54H99O6PS. The summed E-state index contributed by atoms with van der Waals surface area (Å²) in [7, 11) is 0. The van der Waals surface area contributed by atoms with Crippen LogP contribution in [0.2, 0.25) is 0 Å². The lowest BCUT2D eigenvalue weighted by Crippen LogP contribution is -2.09. The molecule has 0 N–H and O–H groups in total. The van der Waals surface area contributed by atoms with E-state index in [1.165, 1.54) is 135 Å². The van der Waals surface area contributed by atoms with Crippen LogP contribution in [0.15, 0.2) is 36.5 Å². The van der Waals surface area contributed by atoms with Crippen molar-refractivity contribution in [3.05, 3.63) is 36.5 Å². The van der Waals surface area contributed by atoms with Gasteiger partial charge in [0.05, 0.1) is 11.4 Å². The zero-order valence-corrected chi connectivity index (χ0v) is 42.7. The molecule has 0 saturated heterocycles. The van der Waals surface area contributed by atoms with Gasteiger partial charge in [0.25, 0.3) is 0 Å². The number of hydrogen-bond acceptors (Lipinski definition) is 7. The maximum atomic E-state index is 13.8. The molecule has 0 aromatic carbocycles. The van der Waals surface area contributed by atoms with Crippen molar-refractivity contribution in [1.82, 2.24) is 0 Å². The number of rotatable bonds is 48. The molecule has 0 aliphatic rings. The Bertz CT molecular complexity index is 1010.